The Hall–Kier alpha value is -1.47. The Morgan fingerprint density at radius 3 is 2.70 bits per heavy atom. The van der Waals surface area contributed by atoms with Gasteiger partial charge in [-0.25, -0.2) is 18.4 Å². The molecule has 0 radical (unpaired) electrons. The second kappa shape index (κ2) is 4.53. The summed E-state index contributed by atoms with van der Waals surface area (Å²) in [5, 5.41) is 14.9. The Kier molecular flexibility index (Phi) is 3.06. The van der Waals surface area contributed by atoms with E-state index in [1.807, 2.05) is 0 Å². The number of hydrogen-bond donors (Lipinski definition) is 2. The van der Waals surface area contributed by atoms with Crippen LogP contribution in [0.1, 0.15) is 18.4 Å². The van der Waals surface area contributed by atoms with E-state index < -0.39 is 22.0 Å². The number of benzene rings is 1. The normalized spacial score (nSPS) is 19.6. The highest BCUT2D eigenvalue weighted by atomic mass is 32.1. The standard InChI is InChI=1S/C13H13F2N3OS/c14-9-1-2-10(11(15)5-9)13(19,12(20)3-4-12)6-18-8-16-7-17-18/h1-2,5,7-8,19-20H,3-4,6H2. The van der Waals surface area contributed by atoms with Gasteiger partial charge >= 0.3 is 0 Å². The lowest BCUT2D eigenvalue weighted by Gasteiger charge is -2.34. The molecule has 1 unspecified atom stereocenters. The van der Waals surface area contributed by atoms with Gasteiger partial charge in [0.15, 0.2) is 0 Å². The monoisotopic (exact) mass is 297 g/mol. The van der Waals surface area contributed by atoms with Crippen molar-refractivity contribution in [3.05, 3.63) is 48.1 Å². The summed E-state index contributed by atoms with van der Waals surface area (Å²) in [5.74, 6) is -1.47. The van der Waals surface area contributed by atoms with Gasteiger partial charge in [-0.05, 0) is 18.9 Å². The van der Waals surface area contributed by atoms with Crippen molar-refractivity contribution >= 4 is 12.6 Å². The van der Waals surface area contributed by atoms with Gasteiger partial charge in [0, 0.05) is 16.4 Å². The molecular formula is C13H13F2N3OS. The fourth-order valence-electron chi connectivity index (χ4n) is 2.39. The molecule has 2 aromatic rings. The first-order chi connectivity index (χ1) is 9.45. The zero-order valence-electron chi connectivity index (χ0n) is 10.5. The minimum absolute atomic E-state index is 0.0129. The number of aromatic nitrogens is 3. The Balaban J connectivity index is 2.06. The van der Waals surface area contributed by atoms with Crippen molar-refractivity contribution < 1.29 is 13.9 Å². The molecule has 1 aliphatic carbocycles. The van der Waals surface area contributed by atoms with Gasteiger partial charge in [0.2, 0.25) is 0 Å². The van der Waals surface area contributed by atoms with Crippen molar-refractivity contribution in [2.45, 2.75) is 29.7 Å². The predicted octanol–water partition coefficient (Wildman–Crippen LogP) is 1.91. The average Bonchev–Trinajstić information content (AvgIpc) is 2.95. The number of nitrogens with zero attached hydrogens (tertiary/aromatic N) is 3. The van der Waals surface area contributed by atoms with Gasteiger partial charge < -0.3 is 5.11 Å². The van der Waals surface area contributed by atoms with Crippen molar-refractivity contribution in [3.63, 3.8) is 0 Å². The van der Waals surface area contributed by atoms with Crippen molar-refractivity contribution in [1.29, 1.82) is 0 Å². The van der Waals surface area contributed by atoms with E-state index in [2.05, 4.69) is 22.7 Å². The van der Waals surface area contributed by atoms with Gasteiger partial charge in [0.05, 0.1) is 6.54 Å². The molecular weight excluding hydrogens is 284 g/mol. The minimum Gasteiger partial charge on any atom is -0.382 e. The smallest absolute Gasteiger partial charge is 0.137 e. The molecule has 7 heteroatoms. The Morgan fingerprint density at radius 2 is 2.15 bits per heavy atom. The maximum Gasteiger partial charge on any atom is 0.137 e. The Morgan fingerprint density at radius 1 is 1.40 bits per heavy atom. The molecule has 1 aliphatic rings. The summed E-state index contributed by atoms with van der Waals surface area (Å²) in [4.78, 5) is 3.80. The van der Waals surface area contributed by atoms with Crippen molar-refractivity contribution in [3.8, 4) is 0 Å². The largest absolute Gasteiger partial charge is 0.382 e. The summed E-state index contributed by atoms with van der Waals surface area (Å²) < 4.78 is 27.8. The number of aliphatic hydroxyl groups is 1. The summed E-state index contributed by atoms with van der Waals surface area (Å²) in [7, 11) is 0. The number of thiol groups is 1. The van der Waals surface area contributed by atoms with Crippen LogP contribution in [0.25, 0.3) is 0 Å². The fraction of sp³-hybridized carbons (Fsp3) is 0.385. The number of hydrogen-bond acceptors (Lipinski definition) is 4. The molecule has 0 bridgehead atoms. The van der Waals surface area contributed by atoms with Crippen LogP contribution in [0, 0.1) is 11.6 Å². The lowest BCUT2D eigenvalue weighted by atomic mass is 9.87. The minimum atomic E-state index is -1.57. The molecule has 1 atom stereocenters. The van der Waals surface area contributed by atoms with Crippen LogP contribution in [-0.2, 0) is 12.1 Å². The van der Waals surface area contributed by atoms with E-state index in [1.54, 1.807) is 0 Å². The van der Waals surface area contributed by atoms with Gasteiger partial charge in [-0.3, -0.25) is 0 Å². The lowest BCUT2D eigenvalue weighted by Crippen LogP contribution is -2.43. The molecule has 0 amide bonds. The van der Waals surface area contributed by atoms with Gasteiger partial charge in [-0.1, -0.05) is 6.07 Å². The zero-order chi connectivity index (χ0) is 14.4. The molecule has 1 heterocycles. The summed E-state index contributed by atoms with van der Waals surface area (Å²) in [6, 6.07) is 3.16. The first-order valence-electron chi connectivity index (χ1n) is 6.17. The molecule has 20 heavy (non-hydrogen) atoms. The summed E-state index contributed by atoms with van der Waals surface area (Å²) >= 11 is 4.47. The maximum atomic E-state index is 14.1. The molecule has 1 fully saturated rings. The third-order valence-corrected chi connectivity index (χ3v) is 4.54. The second-order valence-electron chi connectivity index (χ2n) is 5.11. The van der Waals surface area contributed by atoms with Crippen LogP contribution < -0.4 is 0 Å². The van der Waals surface area contributed by atoms with E-state index in [1.165, 1.54) is 23.4 Å². The molecule has 0 saturated heterocycles. The van der Waals surface area contributed by atoms with Crippen LogP contribution >= 0.6 is 12.6 Å². The van der Waals surface area contributed by atoms with Gasteiger partial charge in [-0.15, -0.1) is 0 Å². The molecule has 106 valence electrons. The molecule has 4 nitrogen and oxygen atoms in total. The molecule has 1 saturated carbocycles. The van der Waals surface area contributed by atoms with E-state index in [9.17, 15) is 13.9 Å². The molecule has 0 aliphatic heterocycles. The zero-order valence-corrected chi connectivity index (χ0v) is 11.4. The summed E-state index contributed by atoms with van der Waals surface area (Å²) in [5.41, 5.74) is -1.54. The van der Waals surface area contributed by atoms with Crippen LogP contribution in [0.4, 0.5) is 8.78 Å². The van der Waals surface area contributed by atoms with Crippen LogP contribution in [0.15, 0.2) is 30.9 Å². The highest BCUT2D eigenvalue weighted by Gasteiger charge is 2.58. The lowest BCUT2D eigenvalue weighted by molar-refractivity contribution is 0.00219. The SMILES string of the molecule is OC(Cn1cncn1)(c1ccc(F)cc1F)C1(S)CC1. The first kappa shape index (κ1) is 13.5. The molecule has 1 N–H and O–H groups in total. The van der Waals surface area contributed by atoms with Gasteiger partial charge in [0.25, 0.3) is 0 Å². The van der Waals surface area contributed by atoms with Crippen molar-refractivity contribution in [2.24, 2.45) is 0 Å². The van der Waals surface area contributed by atoms with Crippen molar-refractivity contribution in [1.82, 2.24) is 14.8 Å². The summed E-state index contributed by atoms with van der Waals surface area (Å²) in [6.45, 7) is 0.0129. The van der Waals surface area contributed by atoms with E-state index >= 15 is 0 Å². The third-order valence-electron chi connectivity index (χ3n) is 3.73. The van der Waals surface area contributed by atoms with Crippen LogP contribution in [0.2, 0.25) is 0 Å². The fourth-order valence-corrected chi connectivity index (χ4v) is 2.69. The number of halogens is 2. The maximum absolute atomic E-state index is 14.1. The van der Waals surface area contributed by atoms with Gasteiger partial charge in [0.1, 0.15) is 29.9 Å². The highest BCUT2D eigenvalue weighted by Crippen LogP contribution is 2.56. The second-order valence-corrected chi connectivity index (χ2v) is 5.97. The Labute approximate surface area is 119 Å². The van der Waals surface area contributed by atoms with E-state index in [0.717, 1.165) is 12.1 Å². The van der Waals surface area contributed by atoms with E-state index in [-0.39, 0.29) is 12.1 Å². The highest BCUT2D eigenvalue weighted by molar-refractivity contribution is 7.82. The van der Waals surface area contributed by atoms with Crippen LogP contribution in [-0.4, -0.2) is 24.6 Å². The van der Waals surface area contributed by atoms with E-state index in [4.69, 9.17) is 0 Å². The van der Waals surface area contributed by atoms with E-state index in [0.29, 0.717) is 12.8 Å². The molecule has 1 aromatic carbocycles. The third kappa shape index (κ3) is 2.10. The molecule has 3 rings (SSSR count). The molecule has 0 spiro atoms. The van der Waals surface area contributed by atoms with Crippen LogP contribution in [0.5, 0.6) is 0 Å². The average molecular weight is 297 g/mol. The topological polar surface area (TPSA) is 50.9 Å². The van der Waals surface area contributed by atoms with Crippen LogP contribution in [0.3, 0.4) is 0 Å². The van der Waals surface area contributed by atoms with Crippen molar-refractivity contribution in [2.75, 3.05) is 0 Å². The first-order valence-corrected chi connectivity index (χ1v) is 6.62. The Bertz CT molecular complexity index is 631. The summed E-state index contributed by atoms with van der Waals surface area (Å²) in [6.07, 6.45) is 4.07. The quantitative estimate of drug-likeness (QED) is 0.848. The predicted molar refractivity (Wildman–Crippen MR) is 71.2 cm³/mol. The molecule has 1 aromatic heterocycles. The van der Waals surface area contributed by atoms with Gasteiger partial charge in [-0.2, -0.15) is 17.7 Å². The number of rotatable bonds is 4.